The molecule has 0 saturated heterocycles. The van der Waals surface area contributed by atoms with Crippen LogP contribution < -0.4 is 14.8 Å². The Bertz CT molecular complexity index is 793. The molecular formula is C17H15F3N2O3. The number of amides is 2. The van der Waals surface area contributed by atoms with Gasteiger partial charge in [-0.3, -0.25) is 0 Å². The maximum atomic E-state index is 12.7. The van der Waals surface area contributed by atoms with Crippen LogP contribution in [0.5, 0.6) is 11.5 Å². The Hall–Kier alpha value is -2.90. The summed E-state index contributed by atoms with van der Waals surface area (Å²) in [6.07, 6.45) is -4.46. The van der Waals surface area contributed by atoms with Crippen molar-refractivity contribution >= 4 is 11.7 Å². The molecule has 8 heteroatoms. The second kappa shape index (κ2) is 6.54. The Morgan fingerprint density at radius 2 is 1.92 bits per heavy atom. The number of benzene rings is 2. The molecule has 2 amide bonds. The summed E-state index contributed by atoms with van der Waals surface area (Å²) < 4.78 is 48.6. The number of ether oxygens (including phenoxy) is 2. The first kappa shape index (κ1) is 16.9. The minimum Gasteiger partial charge on any atom is -0.454 e. The molecule has 0 unspecified atom stereocenters. The number of rotatable bonds is 3. The van der Waals surface area contributed by atoms with Gasteiger partial charge in [0, 0.05) is 19.3 Å². The molecule has 1 aliphatic heterocycles. The monoisotopic (exact) mass is 352 g/mol. The van der Waals surface area contributed by atoms with Crippen molar-refractivity contribution in [3.05, 3.63) is 53.6 Å². The van der Waals surface area contributed by atoms with Gasteiger partial charge in [-0.1, -0.05) is 12.1 Å². The van der Waals surface area contributed by atoms with Gasteiger partial charge in [-0.25, -0.2) is 4.79 Å². The summed E-state index contributed by atoms with van der Waals surface area (Å²) in [6, 6.07) is 9.28. The number of carbonyl (C=O) groups excluding carboxylic acids is 1. The highest BCUT2D eigenvalue weighted by Crippen LogP contribution is 2.33. The third-order valence-corrected chi connectivity index (χ3v) is 3.64. The zero-order valence-corrected chi connectivity index (χ0v) is 13.3. The fraction of sp³-hybridized carbons (Fsp3) is 0.235. The molecule has 0 spiro atoms. The van der Waals surface area contributed by atoms with Gasteiger partial charge in [0.2, 0.25) is 6.79 Å². The van der Waals surface area contributed by atoms with Crippen LogP contribution in [0.2, 0.25) is 0 Å². The fourth-order valence-corrected chi connectivity index (χ4v) is 2.38. The van der Waals surface area contributed by atoms with Gasteiger partial charge < -0.3 is 19.7 Å². The molecule has 0 bridgehead atoms. The lowest BCUT2D eigenvalue weighted by Gasteiger charge is -2.19. The summed E-state index contributed by atoms with van der Waals surface area (Å²) in [5.41, 5.74) is 0.0760. The highest BCUT2D eigenvalue weighted by atomic mass is 19.4. The third kappa shape index (κ3) is 3.96. The van der Waals surface area contributed by atoms with Crippen molar-refractivity contribution in [2.24, 2.45) is 0 Å². The molecule has 132 valence electrons. The first-order chi connectivity index (χ1) is 11.8. The van der Waals surface area contributed by atoms with E-state index in [1.54, 1.807) is 25.2 Å². The largest absolute Gasteiger partial charge is 0.454 e. The van der Waals surface area contributed by atoms with Gasteiger partial charge in [-0.2, -0.15) is 13.2 Å². The highest BCUT2D eigenvalue weighted by molar-refractivity contribution is 5.89. The van der Waals surface area contributed by atoms with Crippen LogP contribution in [0.1, 0.15) is 11.1 Å². The summed E-state index contributed by atoms with van der Waals surface area (Å²) in [7, 11) is 1.55. The number of hydrogen-bond acceptors (Lipinski definition) is 3. The zero-order chi connectivity index (χ0) is 18.0. The summed E-state index contributed by atoms with van der Waals surface area (Å²) in [5.74, 6) is 1.24. The van der Waals surface area contributed by atoms with Crippen molar-refractivity contribution in [1.82, 2.24) is 4.90 Å². The summed E-state index contributed by atoms with van der Waals surface area (Å²) in [4.78, 5) is 13.5. The van der Waals surface area contributed by atoms with Crippen molar-refractivity contribution in [3.63, 3.8) is 0 Å². The lowest BCUT2D eigenvalue weighted by atomic mass is 10.2. The molecule has 0 atom stereocenters. The van der Waals surface area contributed by atoms with E-state index in [0.717, 1.165) is 17.7 Å². The Morgan fingerprint density at radius 3 is 2.68 bits per heavy atom. The normalized spacial score (nSPS) is 12.8. The molecular weight excluding hydrogens is 337 g/mol. The Morgan fingerprint density at radius 1 is 1.16 bits per heavy atom. The average molecular weight is 352 g/mol. The van der Waals surface area contributed by atoms with Gasteiger partial charge in [0.1, 0.15) is 0 Å². The van der Waals surface area contributed by atoms with Crippen molar-refractivity contribution in [1.29, 1.82) is 0 Å². The van der Waals surface area contributed by atoms with Crippen LogP contribution in [0.4, 0.5) is 23.7 Å². The Balaban J connectivity index is 1.65. The number of anilines is 1. The van der Waals surface area contributed by atoms with Crippen molar-refractivity contribution < 1.29 is 27.4 Å². The number of halogens is 3. The summed E-state index contributed by atoms with van der Waals surface area (Å²) in [5, 5.41) is 2.46. The highest BCUT2D eigenvalue weighted by Gasteiger charge is 2.30. The van der Waals surface area contributed by atoms with Crippen molar-refractivity contribution in [2.75, 3.05) is 19.2 Å². The van der Waals surface area contributed by atoms with E-state index in [1.165, 1.54) is 17.0 Å². The fourth-order valence-electron chi connectivity index (χ4n) is 2.38. The van der Waals surface area contributed by atoms with Gasteiger partial charge in [-0.15, -0.1) is 0 Å². The van der Waals surface area contributed by atoms with Crippen LogP contribution >= 0.6 is 0 Å². The maximum absolute atomic E-state index is 12.7. The number of hydrogen-bond donors (Lipinski definition) is 1. The van der Waals surface area contributed by atoms with E-state index in [1.807, 2.05) is 0 Å². The van der Waals surface area contributed by atoms with E-state index in [2.05, 4.69) is 5.32 Å². The molecule has 3 rings (SSSR count). The van der Waals surface area contributed by atoms with Crippen LogP contribution in [0.15, 0.2) is 42.5 Å². The number of carbonyl (C=O) groups is 1. The third-order valence-electron chi connectivity index (χ3n) is 3.64. The van der Waals surface area contributed by atoms with E-state index in [-0.39, 0.29) is 19.0 Å². The molecule has 2 aromatic rings. The van der Waals surface area contributed by atoms with Gasteiger partial charge in [0.25, 0.3) is 0 Å². The minimum absolute atomic E-state index is 0.0809. The second-order valence-electron chi connectivity index (χ2n) is 5.55. The second-order valence-corrected chi connectivity index (χ2v) is 5.55. The number of urea groups is 1. The lowest BCUT2D eigenvalue weighted by molar-refractivity contribution is -0.137. The minimum atomic E-state index is -4.46. The standard InChI is InChI=1S/C17H15F3N2O3/c1-22(9-11-5-6-14-15(7-11)25-10-24-14)16(23)21-13-4-2-3-12(8-13)17(18,19)20/h2-8H,9-10H2,1H3,(H,21,23). The van der Waals surface area contributed by atoms with Crippen LogP contribution in [-0.2, 0) is 12.7 Å². The van der Waals surface area contributed by atoms with E-state index in [9.17, 15) is 18.0 Å². The SMILES string of the molecule is CN(Cc1ccc2c(c1)OCO2)C(=O)Nc1cccc(C(F)(F)F)c1. The molecule has 2 aromatic carbocycles. The molecule has 0 aromatic heterocycles. The molecule has 25 heavy (non-hydrogen) atoms. The Labute approximate surface area is 142 Å². The summed E-state index contributed by atoms with van der Waals surface area (Å²) in [6.45, 7) is 0.423. The lowest BCUT2D eigenvalue weighted by Crippen LogP contribution is -2.30. The zero-order valence-electron chi connectivity index (χ0n) is 13.3. The van der Waals surface area contributed by atoms with Gasteiger partial charge in [0.15, 0.2) is 11.5 Å². The quantitative estimate of drug-likeness (QED) is 0.905. The average Bonchev–Trinajstić information content (AvgIpc) is 3.02. The summed E-state index contributed by atoms with van der Waals surface area (Å²) >= 11 is 0. The number of alkyl halides is 3. The Kier molecular flexibility index (Phi) is 4.43. The number of nitrogens with zero attached hydrogens (tertiary/aromatic N) is 1. The van der Waals surface area contributed by atoms with E-state index >= 15 is 0 Å². The predicted octanol–water partition coefficient (Wildman–Crippen LogP) is 4.10. The van der Waals surface area contributed by atoms with Crippen LogP contribution in [-0.4, -0.2) is 24.8 Å². The van der Waals surface area contributed by atoms with E-state index < -0.39 is 17.8 Å². The molecule has 1 heterocycles. The maximum Gasteiger partial charge on any atom is 0.416 e. The van der Waals surface area contributed by atoms with Crippen LogP contribution in [0.3, 0.4) is 0 Å². The van der Waals surface area contributed by atoms with Crippen molar-refractivity contribution in [2.45, 2.75) is 12.7 Å². The van der Waals surface area contributed by atoms with Gasteiger partial charge >= 0.3 is 12.2 Å². The predicted molar refractivity (Wildman–Crippen MR) is 84.5 cm³/mol. The number of fused-ring (bicyclic) bond motifs is 1. The van der Waals surface area contributed by atoms with Crippen molar-refractivity contribution in [3.8, 4) is 11.5 Å². The van der Waals surface area contributed by atoms with E-state index in [4.69, 9.17) is 9.47 Å². The van der Waals surface area contributed by atoms with Crippen LogP contribution in [0.25, 0.3) is 0 Å². The smallest absolute Gasteiger partial charge is 0.416 e. The van der Waals surface area contributed by atoms with Gasteiger partial charge in [0.05, 0.1) is 5.56 Å². The topological polar surface area (TPSA) is 50.8 Å². The first-order valence-corrected chi connectivity index (χ1v) is 7.41. The number of nitrogens with one attached hydrogen (secondary N) is 1. The molecule has 0 radical (unpaired) electrons. The molecule has 0 aliphatic carbocycles. The first-order valence-electron chi connectivity index (χ1n) is 7.41. The van der Waals surface area contributed by atoms with E-state index in [0.29, 0.717) is 11.5 Å². The molecule has 1 aliphatic rings. The molecule has 0 saturated carbocycles. The molecule has 0 fully saturated rings. The molecule has 1 N–H and O–H groups in total. The van der Waals surface area contributed by atoms with Gasteiger partial charge in [-0.05, 0) is 35.9 Å². The van der Waals surface area contributed by atoms with Crippen LogP contribution in [0, 0.1) is 0 Å². The molecule has 5 nitrogen and oxygen atoms in total.